The van der Waals surface area contributed by atoms with Crippen LogP contribution in [0.4, 0.5) is 0 Å². The predicted octanol–water partition coefficient (Wildman–Crippen LogP) is 5.50. The molecule has 1 aromatic heterocycles. The van der Waals surface area contributed by atoms with Gasteiger partial charge in [0.2, 0.25) is 5.91 Å². The van der Waals surface area contributed by atoms with Crippen molar-refractivity contribution in [2.24, 2.45) is 17.9 Å². The summed E-state index contributed by atoms with van der Waals surface area (Å²) in [6, 6.07) is 8.84. The van der Waals surface area contributed by atoms with E-state index in [9.17, 15) is 9.59 Å². The van der Waals surface area contributed by atoms with Crippen LogP contribution in [-0.4, -0.2) is 38.7 Å². The van der Waals surface area contributed by atoms with Gasteiger partial charge in [0.15, 0.2) is 5.16 Å². The van der Waals surface area contributed by atoms with Gasteiger partial charge in [-0.05, 0) is 53.6 Å². The van der Waals surface area contributed by atoms with Crippen LogP contribution in [0.3, 0.4) is 0 Å². The van der Waals surface area contributed by atoms with Crippen molar-refractivity contribution in [1.82, 2.24) is 14.5 Å². The van der Waals surface area contributed by atoms with Gasteiger partial charge in [0.1, 0.15) is 0 Å². The zero-order valence-electron chi connectivity index (χ0n) is 22.7. The van der Waals surface area contributed by atoms with Gasteiger partial charge in [-0.25, -0.2) is 4.98 Å². The highest BCUT2D eigenvalue weighted by Gasteiger charge is 2.50. The van der Waals surface area contributed by atoms with Crippen molar-refractivity contribution in [1.29, 1.82) is 0 Å². The monoisotopic (exact) mass is 495 g/mol. The average molecular weight is 496 g/mol. The highest BCUT2D eigenvalue weighted by molar-refractivity contribution is 7.99. The minimum absolute atomic E-state index is 0.0290. The Balaban J connectivity index is 1.45. The summed E-state index contributed by atoms with van der Waals surface area (Å²) in [5.41, 5.74) is 4.42. The van der Waals surface area contributed by atoms with Crippen molar-refractivity contribution < 1.29 is 4.79 Å². The second-order valence-electron chi connectivity index (χ2n) is 13.0. The van der Waals surface area contributed by atoms with Gasteiger partial charge in [-0.3, -0.25) is 14.2 Å². The van der Waals surface area contributed by atoms with Gasteiger partial charge in [-0.1, -0.05) is 77.6 Å². The zero-order chi connectivity index (χ0) is 25.8. The number of rotatable bonds is 5. The van der Waals surface area contributed by atoms with E-state index in [4.69, 9.17) is 4.98 Å². The molecule has 2 unspecified atom stereocenters. The Kier molecular flexibility index (Phi) is 6.76. The molecule has 2 fully saturated rings. The Morgan fingerprint density at radius 3 is 2.43 bits per heavy atom. The number of benzene rings is 1. The molecule has 1 aliphatic heterocycles. The van der Waals surface area contributed by atoms with Crippen LogP contribution in [-0.2, 0) is 23.7 Å². The number of likely N-dealkylation sites (tertiary alicyclic amines) is 1. The fraction of sp³-hybridized carbons (Fsp3) is 0.621. The highest BCUT2D eigenvalue weighted by Crippen LogP contribution is 2.52. The molecule has 1 amide bonds. The van der Waals surface area contributed by atoms with Crippen LogP contribution in [0.2, 0.25) is 0 Å². The molecular weight excluding hydrogens is 454 g/mol. The Morgan fingerprint density at radius 2 is 1.80 bits per heavy atom. The van der Waals surface area contributed by atoms with Crippen molar-refractivity contribution in [2.75, 3.05) is 12.3 Å². The lowest BCUT2D eigenvalue weighted by Crippen LogP contribution is -2.38. The van der Waals surface area contributed by atoms with E-state index in [-0.39, 0.29) is 27.7 Å². The van der Waals surface area contributed by atoms with E-state index in [1.807, 2.05) is 6.92 Å². The molecule has 0 N–H and O–H groups in total. The lowest BCUT2D eigenvalue weighted by Gasteiger charge is -2.39. The van der Waals surface area contributed by atoms with Gasteiger partial charge in [-0.15, -0.1) is 0 Å². The molecule has 2 heterocycles. The molecule has 35 heavy (non-hydrogen) atoms. The predicted molar refractivity (Wildman–Crippen MR) is 144 cm³/mol. The number of aryl methyl sites for hydroxylation is 1. The summed E-state index contributed by atoms with van der Waals surface area (Å²) in [6.45, 7) is 16.3. The molecule has 2 aliphatic rings. The standard InChI is InChI=1S/C29H41N3O2S/c1-19-23(13-20-9-11-21(12-10-20)27(2,3)4)25(34)31(8)26(30-19)35-16-24(33)32-18-29(7)15-22(32)14-28(5,6)17-29/h9-12,22H,13-18H2,1-8H3. The molecule has 0 spiro atoms. The molecule has 2 bridgehead atoms. The Hall–Kier alpha value is -2.08. The number of fused-ring (bicyclic) bond motifs is 2. The summed E-state index contributed by atoms with van der Waals surface area (Å²) in [4.78, 5) is 33.3. The van der Waals surface area contributed by atoms with Gasteiger partial charge < -0.3 is 4.90 Å². The van der Waals surface area contributed by atoms with Crippen LogP contribution in [0.15, 0.2) is 34.2 Å². The third-order valence-electron chi connectivity index (χ3n) is 7.81. The van der Waals surface area contributed by atoms with Crippen LogP contribution in [0.25, 0.3) is 0 Å². The first-order chi connectivity index (χ1) is 16.2. The number of aromatic nitrogens is 2. The summed E-state index contributed by atoms with van der Waals surface area (Å²) in [6.07, 6.45) is 3.90. The van der Waals surface area contributed by atoms with E-state index >= 15 is 0 Å². The molecule has 6 heteroatoms. The summed E-state index contributed by atoms with van der Waals surface area (Å²) in [5.74, 6) is 0.483. The van der Waals surface area contributed by atoms with Gasteiger partial charge in [0, 0.05) is 37.3 Å². The van der Waals surface area contributed by atoms with Crippen molar-refractivity contribution >= 4 is 17.7 Å². The normalized spacial score (nSPS) is 23.5. The largest absolute Gasteiger partial charge is 0.338 e. The Labute approximate surface area is 214 Å². The first-order valence-corrected chi connectivity index (χ1v) is 13.7. The number of thioether (sulfide) groups is 1. The number of carbonyl (C=O) groups is 1. The van der Waals surface area contributed by atoms with E-state index in [2.05, 4.69) is 70.7 Å². The molecule has 1 saturated heterocycles. The third kappa shape index (κ3) is 5.52. The minimum atomic E-state index is -0.0290. The Morgan fingerprint density at radius 1 is 1.14 bits per heavy atom. The number of amides is 1. The van der Waals surface area contributed by atoms with E-state index in [0.29, 0.717) is 23.4 Å². The van der Waals surface area contributed by atoms with Crippen LogP contribution < -0.4 is 5.56 Å². The molecule has 1 saturated carbocycles. The topological polar surface area (TPSA) is 55.2 Å². The maximum Gasteiger partial charge on any atom is 0.257 e. The lowest BCUT2D eigenvalue weighted by atomic mass is 9.65. The minimum Gasteiger partial charge on any atom is -0.338 e. The molecule has 0 radical (unpaired) electrons. The van der Waals surface area contributed by atoms with Crippen LogP contribution in [0, 0.1) is 17.8 Å². The second kappa shape index (κ2) is 9.10. The summed E-state index contributed by atoms with van der Waals surface area (Å²) < 4.78 is 1.61. The summed E-state index contributed by atoms with van der Waals surface area (Å²) >= 11 is 1.38. The van der Waals surface area contributed by atoms with E-state index in [1.54, 1.807) is 11.6 Å². The smallest absolute Gasteiger partial charge is 0.257 e. The van der Waals surface area contributed by atoms with E-state index in [1.165, 1.54) is 23.7 Å². The molecule has 1 aliphatic carbocycles. The first kappa shape index (κ1) is 26.0. The molecule has 5 nitrogen and oxygen atoms in total. The fourth-order valence-corrected chi connectivity index (χ4v) is 7.25. The SMILES string of the molecule is Cc1nc(SCC(=O)N2CC3(C)CC2CC(C)(C)C3)n(C)c(=O)c1Cc1ccc(C(C)(C)C)cc1. The van der Waals surface area contributed by atoms with Crippen molar-refractivity contribution in [3.8, 4) is 0 Å². The van der Waals surface area contributed by atoms with Gasteiger partial charge in [-0.2, -0.15) is 0 Å². The van der Waals surface area contributed by atoms with Crippen LogP contribution in [0.1, 0.15) is 83.2 Å². The second-order valence-corrected chi connectivity index (χ2v) is 13.9. The molecular formula is C29H41N3O2S. The Bertz CT molecular complexity index is 1180. The molecule has 190 valence electrons. The van der Waals surface area contributed by atoms with Crippen molar-refractivity contribution in [2.45, 2.75) is 90.8 Å². The molecule has 2 aromatic rings. The van der Waals surface area contributed by atoms with Gasteiger partial charge >= 0.3 is 0 Å². The molecule has 1 aromatic carbocycles. The van der Waals surface area contributed by atoms with Gasteiger partial charge in [0.05, 0.1) is 5.75 Å². The molecule has 4 rings (SSSR count). The molecule has 2 atom stereocenters. The number of carbonyl (C=O) groups excluding carboxylic acids is 1. The van der Waals surface area contributed by atoms with E-state index in [0.717, 1.165) is 36.2 Å². The van der Waals surface area contributed by atoms with Crippen molar-refractivity contribution in [3.63, 3.8) is 0 Å². The number of hydrogen-bond acceptors (Lipinski definition) is 4. The summed E-state index contributed by atoms with van der Waals surface area (Å²) in [5, 5.41) is 0.612. The maximum absolute atomic E-state index is 13.2. The van der Waals surface area contributed by atoms with Gasteiger partial charge in [0.25, 0.3) is 5.56 Å². The van der Waals surface area contributed by atoms with E-state index < -0.39 is 0 Å². The quantitative estimate of drug-likeness (QED) is 0.406. The highest BCUT2D eigenvalue weighted by atomic mass is 32.2. The van der Waals surface area contributed by atoms with Crippen molar-refractivity contribution in [3.05, 3.63) is 57.0 Å². The zero-order valence-corrected chi connectivity index (χ0v) is 23.5. The summed E-state index contributed by atoms with van der Waals surface area (Å²) in [7, 11) is 1.76. The van der Waals surface area contributed by atoms with Crippen LogP contribution in [0.5, 0.6) is 0 Å². The first-order valence-electron chi connectivity index (χ1n) is 12.8. The number of hydrogen-bond donors (Lipinski definition) is 0. The third-order valence-corrected chi connectivity index (χ3v) is 8.83. The lowest BCUT2D eigenvalue weighted by molar-refractivity contribution is -0.129. The number of nitrogens with zero attached hydrogens (tertiary/aromatic N) is 3. The average Bonchev–Trinajstić information content (AvgIpc) is 3.01. The maximum atomic E-state index is 13.2. The van der Waals surface area contributed by atoms with Crippen LogP contribution >= 0.6 is 11.8 Å². The fourth-order valence-electron chi connectivity index (χ4n) is 6.35.